The highest BCUT2D eigenvalue weighted by Crippen LogP contribution is 2.25. The van der Waals surface area contributed by atoms with Crippen molar-refractivity contribution in [2.75, 3.05) is 25.1 Å². The second-order valence-corrected chi connectivity index (χ2v) is 5.68. The van der Waals surface area contributed by atoms with E-state index in [1.54, 1.807) is 37.6 Å². The van der Waals surface area contributed by atoms with Gasteiger partial charge in [-0.1, -0.05) is 11.6 Å². The van der Waals surface area contributed by atoms with Gasteiger partial charge in [0.2, 0.25) is 0 Å². The molecule has 0 atom stereocenters. The molecule has 2 heterocycles. The van der Waals surface area contributed by atoms with Crippen LogP contribution in [0.2, 0.25) is 5.02 Å². The molecular formula is C16H18ClN3O2. The molecule has 22 heavy (non-hydrogen) atoms. The number of anilines is 1. The fourth-order valence-corrected chi connectivity index (χ4v) is 2.94. The number of piperidine rings is 1. The van der Waals surface area contributed by atoms with E-state index in [1.165, 1.54) is 11.1 Å². The van der Waals surface area contributed by atoms with E-state index in [4.69, 9.17) is 16.3 Å². The minimum atomic E-state index is -0.296. The molecular weight excluding hydrogens is 302 g/mol. The normalized spacial score (nSPS) is 14.9. The fourth-order valence-electron chi connectivity index (χ4n) is 2.69. The predicted molar refractivity (Wildman–Crippen MR) is 87.5 cm³/mol. The van der Waals surface area contributed by atoms with Crippen LogP contribution in [0.4, 0.5) is 5.69 Å². The second kappa shape index (κ2) is 6.40. The highest BCUT2D eigenvalue weighted by molar-refractivity contribution is 6.33. The Labute approximate surface area is 134 Å². The van der Waals surface area contributed by atoms with E-state index >= 15 is 0 Å². The molecule has 0 aliphatic carbocycles. The Balaban J connectivity index is 1.96. The predicted octanol–water partition coefficient (Wildman–Crippen LogP) is 2.88. The lowest BCUT2D eigenvalue weighted by Gasteiger charge is -2.29. The molecule has 1 aliphatic heterocycles. The van der Waals surface area contributed by atoms with Crippen molar-refractivity contribution < 1.29 is 4.74 Å². The van der Waals surface area contributed by atoms with Crippen LogP contribution >= 0.6 is 11.6 Å². The van der Waals surface area contributed by atoms with Crippen molar-refractivity contribution in [2.45, 2.75) is 19.3 Å². The number of methoxy groups -OCH3 is 1. The van der Waals surface area contributed by atoms with E-state index in [2.05, 4.69) is 10.00 Å². The van der Waals surface area contributed by atoms with E-state index < -0.39 is 0 Å². The number of aromatic nitrogens is 2. The zero-order chi connectivity index (χ0) is 15.5. The molecule has 0 amide bonds. The van der Waals surface area contributed by atoms with Crippen LogP contribution in [-0.2, 0) is 0 Å². The third-order valence-electron chi connectivity index (χ3n) is 3.91. The third kappa shape index (κ3) is 2.81. The summed E-state index contributed by atoms with van der Waals surface area (Å²) in [4.78, 5) is 14.6. The molecule has 0 spiro atoms. The van der Waals surface area contributed by atoms with Gasteiger partial charge in [-0.25, -0.2) is 0 Å². The van der Waals surface area contributed by atoms with Crippen molar-refractivity contribution in [1.82, 2.24) is 9.78 Å². The minimum Gasteiger partial charge on any atom is -0.497 e. The minimum absolute atomic E-state index is 0.229. The summed E-state index contributed by atoms with van der Waals surface area (Å²) in [7, 11) is 1.60. The van der Waals surface area contributed by atoms with Crippen LogP contribution < -0.4 is 15.2 Å². The quantitative estimate of drug-likeness (QED) is 0.873. The Morgan fingerprint density at radius 3 is 2.45 bits per heavy atom. The molecule has 0 unspecified atom stereocenters. The van der Waals surface area contributed by atoms with E-state index in [9.17, 15) is 4.79 Å². The number of ether oxygens (including phenoxy) is 1. The summed E-state index contributed by atoms with van der Waals surface area (Å²) in [6.45, 7) is 1.85. The molecule has 6 heteroatoms. The van der Waals surface area contributed by atoms with Crippen LogP contribution in [0.1, 0.15) is 19.3 Å². The molecule has 0 saturated carbocycles. The van der Waals surface area contributed by atoms with Gasteiger partial charge in [0.25, 0.3) is 5.56 Å². The topological polar surface area (TPSA) is 47.4 Å². The second-order valence-electron chi connectivity index (χ2n) is 5.31. The third-order valence-corrected chi connectivity index (χ3v) is 4.27. The van der Waals surface area contributed by atoms with Gasteiger partial charge in [0.05, 0.1) is 24.7 Å². The average Bonchev–Trinajstić information content (AvgIpc) is 2.58. The summed E-state index contributed by atoms with van der Waals surface area (Å²) >= 11 is 6.30. The highest BCUT2D eigenvalue weighted by atomic mass is 35.5. The lowest BCUT2D eigenvalue weighted by molar-refractivity contribution is 0.414. The zero-order valence-corrected chi connectivity index (χ0v) is 13.2. The van der Waals surface area contributed by atoms with E-state index in [0.717, 1.165) is 37.4 Å². The highest BCUT2D eigenvalue weighted by Gasteiger charge is 2.18. The molecule has 116 valence electrons. The maximum atomic E-state index is 12.5. The first-order valence-electron chi connectivity index (χ1n) is 7.38. The van der Waals surface area contributed by atoms with Gasteiger partial charge in [-0.15, -0.1) is 0 Å². The molecule has 0 bridgehead atoms. The van der Waals surface area contributed by atoms with E-state index in [-0.39, 0.29) is 10.6 Å². The van der Waals surface area contributed by atoms with Crippen LogP contribution in [0.3, 0.4) is 0 Å². The van der Waals surface area contributed by atoms with Crippen molar-refractivity contribution in [3.8, 4) is 11.4 Å². The van der Waals surface area contributed by atoms with Crippen LogP contribution in [0.15, 0.2) is 35.3 Å². The Morgan fingerprint density at radius 2 is 1.82 bits per heavy atom. The SMILES string of the molecule is COc1ccc(-n2ncc(N3CCCCC3)c(Cl)c2=O)cc1. The standard InChI is InChI=1S/C16H18ClN3O2/c1-22-13-7-5-12(6-8-13)20-16(21)15(17)14(11-18-20)19-9-3-2-4-10-19/h5-8,11H,2-4,9-10H2,1H3. The molecule has 1 saturated heterocycles. The molecule has 2 aromatic rings. The monoisotopic (exact) mass is 319 g/mol. The first kappa shape index (κ1) is 14.9. The summed E-state index contributed by atoms with van der Waals surface area (Å²) in [5.41, 5.74) is 1.10. The van der Waals surface area contributed by atoms with Gasteiger partial charge < -0.3 is 9.64 Å². The van der Waals surface area contributed by atoms with Crippen LogP contribution in [0.5, 0.6) is 5.75 Å². The van der Waals surface area contributed by atoms with Crippen molar-refractivity contribution in [3.63, 3.8) is 0 Å². The van der Waals surface area contributed by atoms with Gasteiger partial charge >= 0.3 is 0 Å². The Kier molecular flexibility index (Phi) is 4.34. The van der Waals surface area contributed by atoms with Crippen molar-refractivity contribution in [2.24, 2.45) is 0 Å². The first-order valence-corrected chi connectivity index (χ1v) is 7.75. The van der Waals surface area contributed by atoms with Crippen LogP contribution in [-0.4, -0.2) is 30.0 Å². The molecule has 3 rings (SSSR count). The largest absolute Gasteiger partial charge is 0.497 e. The number of hydrogen-bond donors (Lipinski definition) is 0. The van der Waals surface area contributed by atoms with Gasteiger partial charge in [0, 0.05) is 13.1 Å². The van der Waals surface area contributed by atoms with Gasteiger partial charge in [0.1, 0.15) is 10.8 Å². The summed E-state index contributed by atoms with van der Waals surface area (Å²) in [5, 5.41) is 4.51. The number of rotatable bonds is 3. The number of benzene rings is 1. The van der Waals surface area contributed by atoms with Gasteiger partial charge in [-0.2, -0.15) is 9.78 Å². The van der Waals surface area contributed by atoms with Gasteiger partial charge in [0.15, 0.2) is 0 Å². The van der Waals surface area contributed by atoms with Gasteiger partial charge in [-0.05, 0) is 43.5 Å². The molecule has 1 aliphatic rings. The average molecular weight is 320 g/mol. The maximum absolute atomic E-state index is 12.5. The summed E-state index contributed by atoms with van der Waals surface area (Å²) in [5.74, 6) is 0.729. The Morgan fingerprint density at radius 1 is 1.14 bits per heavy atom. The van der Waals surface area contributed by atoms with E-state index in [0.29, 0.717) is 5.69 Å². The lowest BCUT2D eigenvalue weighted by atomic mass is 10.1. The van der Waals surface area contributed by atoms with Crippen LogP contribution in [0.25, 0.3) is 5.69 Å². The maximum Gasteiger partial charge on any atom is 0.292 e. The molecule has 5 nitrogen and oxygen atoms in total. The molecule has 1 aromatic carbocycles. The smallest absolute Gasteiger partial charge is 0.292 e. The molecule has 1 fully saturated rings. The summed E-state index contributed by atoms with van der Waals surface area (Å²) < 4.78 is 6.43. The summed E-state index contributed by atoms with van der Waals surface area (Å²) in [6.07, 6.45) is 5.15. The molecule has 0 N–H and O–H groups in total. The van der Waals surface area contributed by atoms with Crippen molar-refractivity contribution in [3.05, 3.63) is 45.8 Å². The van der Waals surface area contributed by atoms with Gasteiger partial charge in [-0.3, -0.25) is 4.79 Å². The number of nitrogens with zero attached hydrogens (tertiary/aromatic N) is 3. The number of hydrogen-bond acceptors (Lipinski definition) is 4. The van der Waals surface area contributed by atoms with Crippen molar-refractivity contribution in [1.29, 1.82) is 0 Å². The van der Waals surface area contributed by atoms with E-state index in [1.807, 2.05) is 0 Å². The molecule has 0 radical (unpaired) electrons. The van der Waals surface area contributed by atoms with Crippen molar-refractivity contribution >= 4 is 17.3 Å². The Hall–Kier alpha value is -2.01. The number of halogens is 1. The lowest BCUT2D eigenvalue weighted by Crippen LogP contribution is -2.32. The Bertz CT molecular complexity index is 706. The molecule has 1 aromatic heterocycles. The fraction of sp³-hybridized carbons (Fsp3) is 0.375. The first-order chi connectivity index (χ1) is 10.7. The zero-order valence-electron chi connectivity index (χ0n) is 12.5. The summed E-state index contributed by atoms with van der Waals surface area (Å²) in [6, 6.07) is 7.14. The van der Waals surface area contributed by atoms with Crippen LogP contribution in [0, 0.1) is 0 Å².